The van der Waals surface area contributed by atoms with Crippen molar-refractivity contribution in [3.05, 3.63) is 53.7 Å². The van der Waals surface area contributed by atoms with Crippen molar-refractivity contribution in [3.8, 4) is 22.8 Å². The molecule has 2 heterocycles. The van der Waals surface area contributed by atoms with Gasteiger partial charge in [0.15, 0.2) is 12.4 Å². The van der Waals surface area contributed by atoms with Gasteiger partial charge in [-0.15, -0.1) is 5.10 Å². The highest BCUT2D eigenvalue weighted by Gasteiger charge is 2.38. The molecular weight excluding hydrogens is 661 g/mol. The number of nitrogens with one attached hydrogen (secondary N) is 2. The van der Waals surface area contributed by atoms with E-state index in [4.69, 9.17) is 19.4 Å². The molecule has 50 heavy (non-hydrogen) atoms. The summed E-state index contributed by atoms with van der Waals surface area (Å²) in [6, 6.07) is 11.9. The average molecular weight is 705 g/mol. The topological polar surface area (TPSA) is 168 Å². The number of fused-ring (bicyclic) bond motifs is 1. The predicted molar refractivity (Wildman–Crippen MR) is 177 cm³/mol. The molecule has 1 aromatic heterocycles. The molecule has 0 spiro atoms. The van der Waals surface area contributed by atoms with Gasteiger partial charge in [-0.1, -0.05) is 48.7 Å². The van der Waals surface area contributed by atoms with Crippen molar-refractivity contribution < 1.29 is 47.2 Å². The van der Waals surface area contributed by atoms with Crippen LogP contribution in [-0.4, -0.2) is 99.6 Å². The number of halogens is 3. The molecule has 2 amide bonds. The second-order valence-electron chi connectivity index (χ2n) is 12.1. The fraction of sp³-hybridized carbons (Fsp3) is 0.500. The number of hydrogen-bond acceptors (Lipinski definition) is 9. The van der Waals surface area contributed by atoms with Crippen molar-refractivity contribution in [2.45, 2.75) is 63.6 Å². The lowest BCUT2D eigenvalue weighted by Crippen LogP contribution is -2.45. The average Bonchev–Trinajstić information content (AvgIpc) is 3.53. The Morgan fingerprint density at radius 1 is 1.12 bits per heavy atom. The molecule has 1 saturated carbocycles. The first-order chi connectivity index (χ1) is 23.9. The van der Waals surface area contributed by atoms with E-state index < -0.39 is 12.1 Å². The molecule has 13 nitrogen and oxygen atoms in total. The number of alkyl halides is 3. The fourth-order valence-electron chi connectivity index (χ4n) is 5.82. The molecule has 3 aromatic rings. The molecule has 0 atom stereocenters. The number of anilines is 1. The third kappa shape index (κ3) is 11.4. The van der Waals surface area contributed by atoms with Crippen LogP contribution in [0.4, 0.5) is 18.9 Å². The van der Waals surface area contributed by atoms with Crippen LogP contribution in [0.1, 0.15) is 49.7 Å². The Labute approximate surface area is 287 Å². The van der Waals surface area contributed by atoms with Crippen molar-refractivity contribution >= 4 is 23.5 Å². The van der Waals surface area contributed by atoms with Gasteiger partial charge in [-0.25, -0.2) is 4.79 Å². The van der Waals surface area contributed by atoms with Gasteiger partial charge in [0.25, 0.3) is 5.91 Å². The van der Waals surface area contributed by atoms with Crippen LogP contribution in [0.25, 0.3) is 11.3 Å². The summed E-state index contributed by atoms with van der Waals surface area (Å²) in [5, 5.41) is 31.5. The summed E-state index contributed by atoms with van der Waals surface area (Å²) >= 11 is 0. The van der Waals surface area contributed by atoms with E-state index >= 15 is 0 Å². The van der Waals surface area contributed by atoms with Crippen LogP contribution >= 0.6 is 0 Å². The molecule has 2 aliphatic rings. The summed E-state index contributed by atoms with van der Waals surface area (Å²) in [7, 11) is 1.85. The van der Waals surface area contributed by atoms with Crippen LogP contribution in [0.15, 0.2) is 42.6 Å². The summed E-state index contributed by atoms with van der Waals surface area (Å²) in [4.78, 5) is 35.9. The zero-order chi connectivity index (χ0) is 36.1. The number of amides is 2. The molecule has 0 saturated heterocycles. The molecule has 0 bridgehead atoms. The van der Waals surface area contributed by atoms with Gasteiger partial charge < -0.3 is 35.2 Å². The van der Waals surface area contributed by atoms with Gasteiger partial charge in [-0.05, 0) is 55.5 Å². The lowest BCUT2D eigenvalue weighted by atomic mass is 9.94. The van der Waals surface area contributed by atoms with Crippen LogP contribution in [0.5, 0.6) is 11.5 Å². The van der Waals surface area contributed by atoms with E-state index in [9.17, 15) is 27.9 Å². The van der Waals surface area contributed by atoms with E-state index in [1.807, 2.05) is 31.4 Å². The van der Waals surface area contributed by atoms with E-state index in [2.05, 4.69) is 38.0 Å². The van der Waals surface area contributed by atoms with Crippen molar-refractivity contribution in [1.82, 2.24) is 25.2 Å². The quantitative estimate of drug-likeness (QED) is 0.142. The number of phenols is 1. The zero-order valence-corrected chi connectivity index (χ0v) is 27.9. The van der Waals surface area contributed by atoms with Gasteiger partial charge in [0.05, 0.1) is 25.8 Å². The maximum atomic E-state index is 13.3. The smallest absolute Gasteiger partial charge is 0.490 e. The van der Waals surface area contributed by atoms with Crippen LogP contribution in [-0.2, 0) is 39.0 Å². The highest BCUT2D eigenvalue weighted by Crippen LogP contribution is 2.39. The Hall–Kier alpha value is -4.70. The number of benzene rings is 2. The van der Waals surface area contributed by atoms with Gasteiger partial charge in [-0.3, -0.25) is 14.3 Å². The lowest BCUT2D eigenvalue weighted by molar-refractivity contribution is -0.192. The number of aromatic nitrogens is 3. The minimum Gasteiger partial charge on any atom is -0.506 e. The largest absolute Gasteiger partial charge is 0.506 e. The van der Waals surface area contributed by atoms with Crippen LogP contribution in [0.3, 0.4) is 0 Å². The number of carboxylic acids is 1. The number of aliphatic carboxylic acids is 1. The van der Waals surface area contributed by atoms with E-state index in [-0.39, 0.29) is 30.2 Å². The lowest BCUT2D eigenvalue weighted by Gasteiger charge is -2.34. The molecular formula is C34H43F3N6O7. The number of hydrogen-bond donors (Lipinski definition) is 4. The monoisotopic (exact) mass is 704 g/mol. The molecule has 2 aromatic carbocycles. The Bertz CT molecular complexity index is 1590. The van der Waals surface area contributed by atoms with E-state index in [0.717, 1.165) is 54.5 Å². The maximum Gasteiger partial charge on any atom is 0.490 e. The standard InChI is InChI=1S/C32H42N6O5.C2HF3O2/c1-37-21-27(35-36-37)25-7-5-6-23(20-25)13-18-42-19-14-30(41)38(26-8-3-2-4-9-26)17-16-33-15-12-24-10-11-28(39)31-32(24)43-22-29(40)34-31;3-2(4,5)1(6)7/h5-7,10-11,20-21,26,33,39H,2-4,8-9,12-19,22H2,1H3,(H,34,40);(H,6,7). The number of aromatic hydroxyl groups is 1. The minimum absolute atomic E-state index is 0.00189. The molecule has 1 fully saturated rings. The van der Waals surface area contributed by atoms with Gasteiger partial charge in [0.1, 0.15) is 17.1 Å². The SMILES string of the molecule is Cn1cc(-c2cccc(CCOCCC(=O)N(CCNCCc3ccc(O)c4c3OCC(=O)N4)C3CCCCC3)c2)nn1.O=C(O)C(F)(F)F. The third-order valence-electron chi connectivity index (χ3n) is 8.33. The first-order valence-electron chi connectivity index (χ1n) is 16.5. The fourth-order valence-corrected chi connectivity index (χ4v) is 5.82. The number of carboxylic acid groups (broad SMARTS) is 1. The van der Waals surface area contributed by atoms with E-state index in [1.54, 1.807) is 10.7 Å². The van der Waals surface area contributed by atoms with Crippen molar-refractivity contribution in [2.24, 2.45) is 7.05 Å². The molecule has 5 rings (SSSR count). The normalized spacial score (nSPS) is 14.5. The van der Waals surface area contributed by atoms with Crippen molar-refractivity contribution in [1.29, 1.82) is 0 Å². The number of ether oxygens (including phenoxy) is 2. The second-order valence-corrected chi connectivity index (χ2v) is 12.1. The van der Waals surface area contributed by atoms with Crippen LogP contribution in [0, 0.1) is 0 Å². The zero-order valence-electron chi connectivity index (χ0n) is 27.9. The Morgan fingerprint density at radius 2 is 1.88 bits per heavy atom. The number of carbonyl (C=O) groups is 3. The summed E-state index contributed by atoms with van der Waals surface area (Å²) in [6.07, 6.45) is 4.29. The van der Waals surface area contributed by atoms with Crippen molar-refractivity contribution in [3.63, 3.8) is 0 Å². The summed E-state index contributed by atoms with van der Waals surface area (Å²) in [6.45, 7) is 2.92. The Morgan fingerprint density at radius 3 is 2.58 bits per heavy atom. The molecule has 272 valence electrons. The number of rotatable bonds is 14. The van der Waals surface area contributed by atoms with Gasteiger partial charge >= 0.3 is 12.1 Å². The second kappa shape index (κ2) is 18.3. The van der Waals surface area contributed by atoms with Gasteiger partial charge in [0.2, 0.25) is 5.91 Å². The van der Waals surface area contributed by atoms with Gasteiger partial charge in [-0.2, -0.15) is 13.2 Å². The van der Waals surface area contributed by atoms with Crippen molar-refractivity contribution in [2.75, 3.05) is 44.8 Å². The first kappa shape index (κ1) is 38.1. The Kier molecular flexibility index (Phi) is 14.0. The highest BCUT2D eigenvalue weighted by atomic mass is 19.4. The first-order valence-corrected chi connectivity index (χ1v) is 16.5. The number of nitrogens with zero attached hydrogens (tertiary/aromatic N) is 4. The number of aryl methyl sites for hydroxylation is 1. The number of carbonyl (C=O) groups excluding carboxylic acids is 2. The summed E-state index contributed by atoms with van der Waals surface area (Å²) in [5.41, 5.74) is 4.28. The predicted octanol–water partition coefficient (Wildman–Crippen LogP) is 4.09. The highest BCUT2D eigenvalue weighted by molar-refractivity contribution is 5.97. The molecule has 1 aliphatic heterocycles. The molecule has 1 aliphatic carbocycles. The molecule has 0 radical (unpaired) electrons. The maximum absolute atomic E-state index is 13.3. The summed E-state index contributed by atoms with van der Waals surface area (Å²) < 4.78 is 44.9. The van der Waals surface area contributed by atoms with E-state index in [1.165, 1.54) is 6.42 Å². The molecule has 16 heteroatoms. The van der Waals surface area contributed by atoms with Crippen LogP contribution < -0.4 is 15.4 Å². The van der Waals surface area contributed by atoms with E-state index in [0.29, 0.717) is 57.1 Å². The summed E-state index contributed by atoms with van der Waals surface area (Å²) in [5.74, 6) is -2.36. The molecule has 4 N–H and O–H groups in total. The third-order valence-corrected chi connectivity index (χ3v) is 8.33. The Balaban J connectivity index is 0.000000727. The van der Waals surface area contributed by atoms with Crippen LogP contribution in [0.2, 0.25) is 0 Å². The molecule has 0 unspecified atom stereocenters. The minimum atomic E-state index is -5.08. The van der Waals surface area contributed by atoms with Gasteiger partial charge in [0, 0.05) is 31.7 Å². The number of phenolic OH excluding ortho intramolecular Hbond substituents is 1.